The van der Waals surface area contributed by atoms with Gasteiger partial charge in [0, 0.05) is 0 Å². The van der Waals surface area contributed by atoms with Gasteiger partial charge in [-0.25, -0.2) is 0 Å². The van der Waals surface area contributed by atoms with Crippen LogP contribution in [0.25, 0.3) is 0 Å². The van der Waals surface area contributed by atoms with Gasteiger partial charge in [-0.2, -0.15) is 0 Å². The Bertz CT molecular complexity index is 311. The quantitative estimate of drug-likeness (QED) is 0.670. The van der Waals surface area contributed by atoms with Gasteiger partial charge in [0.15, 0.2) is 0 Å². The van der Waals surface area contributed by atoms with Crippen molar-refractivity contribution in [3.05, 3.63) is 0 Å². The van der Waals surface area contributed by atoms with E-state index in [9.17, 15) is 0 Å². The van der Waals surface area contributed by atoms with Crippen LogP contribution in [-0.2, 0) is 0 Å². The minimum absolute atomic E-state index is 0.593. The molecule has 0 amide bonds. The molecule has 2 rings (SSSR count). The van der Waals surface area contributed by atoms with Crippen LogP contribution in [0.1, 0.15) is 69.2 Å². The molecule has 0 N–H and O–H groups in total. The average molecular weight is 403 g/mol. The second kappa shape index (κ2) is 5.93. The predicted octanol–water partition coefficient (Wildman–Crippen LogP) is 2.98. The summed E-state index contributed by atoms with van der Waals surface area (Å²) in [4.78, 5) is 0. The first-order valence-electron chi connectivity index (χ1n) is 8.73. The van der Waals surface area contributed by atoms with Crippen LogP contribution in [-0.4, -0.2) is 68.5 Å². The van der Waals surface area contributed by atoms with E-state index < -0.39 is 19.5 Å². The summed E-state index contributed by atoms with van der Waals surface area (Å²) < 4.78 is 11.6. The van der Waals surface area contributed by atoms with Crippen LogP contribution in [0.4, 0.5) is 0 Å². The Morgan fingerprint density at radius 1 is 0.524 bits per heavy atom. The van der Waals surface area contributed by atoms with Crippen LogP contribution < -0.4 is 0 Å². The molecule has 2 saturated heterocycles. The molecule has 1 spiro atoms. The zero-order chi connectivity index (χ0) is 16.3. The molecule has 5 heteroatoms. The summed E-state index contributed by atoms with van der Waals surface area (Å²) >= 11 is -2.79. The van der Waals surface area contributed by atoms with E-state index in [0.29, 0.717) is 36.5 Å². The Labute approximate surface area is 137 Å². The van der Waals surface area contributed by atoms with Crippen molar-refractivity contribution in [2.75, 3.05) is 0 Å². The van der Waals surface area contributed by atoms with Crippen molar-refractivity contribution in [1.82, 2.24) is 12.5 Å². The van der Waals surface area contributed by atoms with Crippen LogP contribution in [0, 0.1) is 0 Å². The average Bonchev–Trinajstić information content (AvgIpc) is 2.24. The monoisotopic (exact) mass is 404 g/mol. The van der Waals surface area contributed by atoms with Crippen LogP contribution in [0.5, 0.6) is 0 Å². The SMILES string of the molecule is CC(C)[N]1C(C)[N](C(C)C)[Sn]12[N](C(C)C)C(C)[N]2C(C)C. The van der Waals surface area contributed by atoms with Gasteiger partial charge in [0.1, 0.15) is 0 Å². The van der Waals surface area contributed by atoms with E-state index in [2.05, 4.69) is 81.7 Å². The fraction of sp³-hybridized carbons (Fsp3) is 1.00. The maximum atomic E-state index is 2.90. The van der Waals surface area contributed by atoms with Gasteiger partial charge in [0.05, 0.1) is 0 Å². The van der Waals surface area contributed by atoms with E-state index in [-0.39, 0.29) is 0 Å². The van der Waals surface area contributed by atoms with Gasteiger partial charge in [0.25, 0.3) is 0 Å². The molecule has 2 aliphatic heterocycles. The summed E-state index contributed by atoms with van der Waals surface area (Å²) in [5.74, 6) is 0. The summed E-state index contributed by atoms with van der Waals surface area (Å²) in [5, 5.41) is 0. The second-order valence-corrected chi connectivity index (χ2v) is 17.2. The number of hydrogen-bond acceptors (Lipinski definition) is 4. The van der Waals surface area contributed by atoms with Crippen molar-refractivity contribution in [3.63, 3.8) is 0 Å². The Morgan fingerprint density at radius 3 is 0.857 bits per heavy atom. The molecule has 0 aromatic rings. The van der Waals surface area contributed by atoms with Gasteiger partial charge in [-0.05, 0) is 0 Å². The Kier molecular flexibility index (Phi) is 5.08. The summed E-state index contributed by atoms with van der Waals surface area (Å²) in [5.41, 5.74) is 0. The maximum absolute atomic E-state index is 2.90. The van der Waals surface area contributed by atoms with Crippen molar-refractivity contribution in [1.29, 1.82) is 0 Å². The van der Waals surface area contributed by atoms with Crippen LogP contribution in [0.3, 0.4) is 0 Å². The normalized spacial score (nSPS) is 36.3. The summed E-state index contributed by atoms with van der Waals surface area (Å²) in [6.07, 6.45) is 1.19. The number of nitrogens with zero attached hydrogens (tertiary/aromatic N) is 4. The molecular weight excluding hydrogens is 367 g/mol. The second-order valence-electron chi connectivity index (χ2n) is 7.87. The van der Waals surface area contributed by atoms with Gasteiger partial charge < -0.3 is 0 Å². The van der Waals surface area contributed by atoms with E-state index in [1.807, 2.05) is 0 Å². The van der Waals surface area contributed by atoms with E-state index >= 15 is 0 Å². The number of hydrogen-bond donors (Lipinski definition) is 0. The molecule has 21 heavy (non-hydrogen) atoms. The van der Waals surface area contributed by atoms with Crippen LogP contribution >= 0.6 is 0 Å². The molecule has 0 aliphatic carbocycles. The fourth-order valence-electron chi connectivity index (χ4n) is 5.07. The molecule has 0 atom stereocenters. The molecule has 4 nitrogen and oxygen atoms in total. The van der Waals surface area contributed by atoms with E-state index in [1.165, 1.54) is 0 Å². The molecule has 0 unspecified atom stereocenters. The first-order chi connectivity index (χ1) is 9.59. The third-order valence-electron chi connectivity index (χ3n) is 5.22. The Hall–Kier alpha value is 0.639. The molecule has 124 valence electrons. The van der Waals surface area contributed by atoms with E-state index in [1.54, 1.807) is 0 Å². The van der Waals surface area contributed by atoms with Crippen LogP contribution in [0.15, 0.2) is 0 Å². The standard InChI is InChI=1S/2C8H18N2.Sn/c2*1-6(2)9-8(5)10-7(3)4;/h2*6-8H,1-5H3;/q2*-2;+4. The van der Waals surface area contributed by atoms with Gasteiger partial charge in [-0.1, -0.05) is 0 Å². The summed E-state index contributed by atoms with van der Waals surface area (Å²) in [6, 6.07) is 2.56. The van der Waals surface area contributed by atoms with Crippen molar-refractivity contribution in [3.8, 4) is 0 Å². The van der Waals surface area contributed by atoms with Gasteiger partial charge in [-0.3, -0.25) is 0 Å². The molecular formula is C16H36N4Sn. The van der Waals surface area contributed by atoms with Crippen molar-refractivity contribution in [2.24, 2.45) is 0 Å². The van der Waals surface area contributed by atoms with Crippen molar-refractivity contribution in [2.45, 2.75) is 106 Å². The van der Waals surface area contributed by atoms with Crippen LogP contribution in [0.2, 0.25) is 0 Å². The third-order valence-corrected chi connectivity index (χ3v) is 23.3. The molecule has 2 aliphatic rings. The molecule has 2 fully saturated rings. The zero-order valence-electron chi connectivity index (χ0n) is 15.8. The predicted molar refractivity (Wildman–Crippen MR) is 92.6 cm³/mol. The molecule has 0 bridgehead atoms. The molecule has 0 aromatic carbocycles. The third kappa shape index (κ3) is 2.24. The zero-order valence-corrected chi connectivity index (χ0v) is 18.6. The topological polar surface area (TPSA) is 13.0 Å². The molecule has 0 aromatic heterocycles. The number of rotatable bonds is 4. The van der Waals surface area contributed by atoms with Crippen molar-refractivity contribution < 1.29 is 0 Å². The van der Waals surface area contributed by atoms with Gasteiger partial charge >= 0.3 is 138 Å². The molecule has 0 radical (unpaired) electrons. The van der Waals surface area contributed by atoms with E-state index in [0.717, 1.165) is 0 Å². The van der Waals surface area contributed by atoms with Gasteiger partial charge in [-0.15, -0.1) is 0 Å². The minimum atomic E-state index is -2.79. The Balaban J connectivity index is 2.49. The summed E-state index contributed by atoms with van der Waals surface area (Å²) in [6.45, 7) is 23.9. The summed E-state index contributed by atoms with van der Waals surface area (Å²) in [7, 11) is 0. The molecule has 0 saturated carbocycles. The van der Waals surface area contributed by atoms with E-state index in [4.69, 9.17) is 0 Å². The first-order valence-corrected chi connectivity index (χ1v) is 13.8. The molecule has 2 heterocycles. The Morgan fingerprint density at radius 2 is 0.714 bits per heavy atom. The van der Waals surface area contributed by atoms with Gasteiger partial charge in [0.2, 0.25) is 0 Å². The van der Waals surface area contributed by atoms with Crippen molar-refractivity contribution >= 4 is 19.5 Å². The fourth-order valence-corrected chi connectivity index (χ4v) is 23.7. The first kappa shape index (κ1) is 18.0.